The lowest BCUT2D eigenvalue weighted by atomic mass is 10.0. The molecule has 0 spiro atoms. The predicted octanol–water partition coefficient (Wildman–Crippen LogP) is 2.48. The zero-order valence-electron chi connectivity index (χ0n) is 21.5. The lowest BCUT2D eigenvalue weighted by Crippen LogP contribution is -2.50. The van der Waals surface area contributed by atoms with Crippen LogP contribution < -0.4 is 15.5 Å². The van der Waals surface area contributed by atoms with Gasteiger partial charge in [0.2, 0.25) is 0 Å². The molecule has 40 heavy (non-hydrogen) atoms. The Bertz CT molecular complexity index is 1210. The van der Waals surface area contributed by atoms with Gasteiger partial charge in [-0.1, -0.05) is 11.6 Å². The third kappa shape index (κ3) is 7.99. The van der Waals surface area contributed by atoms with E-state index in [0.717, 1.165) is 12.8 Å². The van der Waals surface area contributed by atoms with Crippen LogP contribution in [-0.2, 0) is 4.79 Å². The van der Waals surface area contributed by atoms with E-state index in [1.54, 1.807) is 43.4 Å². The van der Waals surface area contributed by atoms with Gasteiger partial charge in [-0.15, -0.1) is 0 Å². The summed E-state index contributed by atoms with van der Waals surface area (Å²) in [4.78, 5) is 37.6. The number of aliphatic hydroxyl groups is 1. The first kappa shape index (κ1) is 31.0. The van der Waals surface area contributed by atoms with Gasteiger partial charge < -0.3 is 35.8 Å². The molecule has 0 saturated carbocycles. The number of anilines is 1. The number of alkyl halides is 3. The molecule has 2 aliphatic rings. The second kappa shape index (κ2) is 13.2. The number of hydrogen-bond donors (Lipinski definition) is 5. The van der Waals surface area contributed by atoms with Crippen molar-refractivity contribution in [1.82, 2.24) is 15.5 Å². The van der Waals surface area contributed by atoms with Gasteiger partial charge in [-0.05, 0) is 49.2 Å². The Labute approximate surface area is 233 Å². The SMILES string of the molecule is CNC(=O)c1ccc(O)cc1N1C[C@@H](O)[C@H](NC2CCN(C(=O)c3ccc(Cl)cc3)CC2)C1.O=C(O)C(F)(F)F. The van der Waals surface area contributed by atoms with Gasteiger partial charge in [0, 0.05) is 55.9 Å². The van der Waals surface area contributed by atoms with Crippen LogP contribution in [0.3, 0.4) is 0 Å². The molecule has 0 aromatic heterocycles. The Morgan fingerprint density at radius 2 is 1.62 bits per heavy atom. The second-order valence-corrected chi connectivity index (χ2v) is 9.84. The number of amides is 2. The average Bonchev–Trinajstić information content (AvgIpc) is 3.28. The summed E-state index contributed by atoms with van der Waals surface area (Å²) < 4.78 is 31.7. The number of hydrogen-bond acceptors (Lipinski definition) is 7. The molecule has 2 amide bonds. The van der Waals surface area contributed by atoms with Crippen LogP contribution >= 0.6 is 11.6 Å². The molecule has 2 fully saturated rings. The van der Waals surface area contributed by atoms with E-state index in [1.165, 1.54) is 6.07 Å². The summed E-state index contributed by atoms with van der Waals surface area (Å²) in [6.07, 6.45) is -4.12. The maximum absolute atomic E-state index is 12.7. The molecule has 2 aromatic carbocycles. The molecule has 4 rings (SSSR count). The molecule has 218 valence electrons. The maximum Gasteiger partial charge on any atom is 0.490 e. The van der Waals surface area contributed by atoms with Crippen molar-refractivity contribution < 1.29 is 42.9 Å². The molecular weight excluding hydrogens is 557 g/mol. The third-order valence-corrected chi connectivity index (χ3v) is 6.90. The molecule has 2 aromatic rings. The molecule has 0 bridgehead atoms. The number of phenols is 1. The van der Waals surface area contributed by atoms with E-state index < -0.39 is 18.2 Å². The first-order chi connectivity index (χ1) is 18.8. The van der Waals surface area contributed by atoms with Crippen molar-refractivity contribution in [3.8, 4) is 5.75 Å². The highest BCUT2D eigenvalue weighted by Crippen LogP contribution is 2.29. The number of aromatic hydroxyl groups is 1. The molecule has 2 aliphatic heterocycles. The highest BCUT2D eigenvalue weighted by Gasteiger charge is 2.38. The molecule has 5 N–H and O–H groups in total. The fourth-order valence-electron chi connectivity index (χ4n) is 4.58. The van der Waals surface area contributed by atoms with E-state index in [-0.39, 0.29) is 29.6 Å². The van der Waals surface area contributed by atoms with Crippen molar-refractivity contribution >= 4 is 35.1 Å². The van der Waals surface area contributed by atoms with Crippen LogP contribution in [0.4, 0.5) is 18.9 Å². The summed E-state index contributed by atoms with van der Waals surface area (Å²) >= 11 is 5.91. The van der Waals surface area contributed by atoms with Crippen molar-refractivity contribution in [2.24, 2.45) is 0 Å². The molecule has 2 heterocycles. The van der Waals surface area contributed by atoms with E-state index in [2.05, 4.69) is 10.6 Å². The number of halogens is 4. The number of likely N-dealkylation sites (tertiary alicyclic amines) is 1. The number of phenolic OH excluding ortho intramolecular Hbond substituents is 1. The summed E-state index contributed by atoms with van der Waals surface area (Å²) in [5.74, 6) is -2.93. The third-order valence-electron chi connectivity index (χ3n) is 6.65. The Morgan fingerprint density at radius 3 is 2.17 bits per heavy atom. The lowest BCUT2D eigenvalue weighted by Gasteiger charge is -2.34. The molecular formula is C26H30ClF3N4O6. The van der Waals surface area contributed by atoms with Crippen LogP contribution in [0.2, 0.25) is 5.02 Å². The fraction of sp³-hybridized carbons (Fsp3) is 0.423. The lowest BCUT2D eigenvalue weighted by molar-refractivity contribution is -0.192. The molecule has 2 saturated heterocycles. The topological polar surface area (TPSA) is 142 Å². The van der Waals surface area contributed by atoms with Gasteiger partial charge in [0.05, 0.1) is 23.4 Å². The van der Waals surface area contributed by atoms with Gasteiger partial charge in [-0.3, -0.25) is 9.59 Å². The summed E-state index contributed by atoms with van der Waals surface area (Å²) in [5.41, 5.74) is 1.68. The minimum atomic E-state index is -5.08. The number of benzene rings is 2. The Kier molecular flexibility index (Phi) is 10.2. The van der Waals surface area contributed by atoms with Crippen LogP contribution in [-0.4, -0.2) is 95.6 Å². The van der Waals surface area contributed by atoms with E-state index in [0.29, 0.717) is 48.0 Å². The number of carboxylic acid groups (broad SMARTS) is 1. The Morgan fingerprint density at radius 1 is 1.02 bits per heavy atom. The Hall–Kier alpha value is -3.55. The quantitative estimate of drug-likeness (QED) is 0.360. The predicted molar refractivity (Wildman–Crippen MR) is 141 cm³/mol. The minimum Gasteiger partial charge on any atom is -0.508 e. The summed E-state index contributed by atoms with van der Waals surface area (Å²) in [5, 5.41) is 34.5. The van der Waals surface area contributed by atoms with E-state index in [4.69, 9.17) is 21.5 Å². The first-order valence-electron chi connectivity index (χ1n) is 12.4. The number of aliphatic hydroxyl groups excluding tert-OH is 1. The molecule has 0 radical (unpaired) electrons. The number of nitrogens with zero attached hydrogens (tertiary/aromatic N) is 2. The number of β-amino-alcohol motifs (C(OH)–C–C–N with tert-alkyl or cyclic N) is 1. The van der Waals surface area contributed by atoms with E-state index >= 15 is 0 Å². The van der Waals surface area contributed by atoms with Crippen molar-refractivity contribution in [1.29, 1.82) is 0 Å². The van der Waals surface area contributed by atoms with Crippen molar-refractivity contribution in [3.63, 3.8) is 0 Å². The number of piperidine rings is 1. The summed E-state index contributed by atoms with van der Waals surface area (Å²) in [7, 11) is 1.56. The number of carbonyl (C=O) groups excluding carboxylic acids is 2. The smallest absolute Gasteiger partial charge is 0.490 e. The molecule has 14 heteroatoms. The number of carboxylic acids is 1. The van der Waals surface area contributed by atoms with E-state index in [1.807, 2.05) is 9.80 Å². The van der Waals surface area contributed by atoms with Crippen LogP contribution in [0.25, 0.3) is 0 Å². The van der Waals surface area contributed by atoms with Crippen LogP contribution in [0.1, 0.15) is 33.6 Å². The number of carbonyl (C=O) groups is 3. The number of rotatable bonds is 5. The fourth-order valence-corrected chi connectivity index (χ4v) is 4.71. The minimum absolute atomic E-state index is 0.00260. The van der Waals surface area contributed by atoms with Gasteiger partial charge in [0.15, 0.2) is 0 Å². The average molecular weight is 587 g/mol. The number of aliphatic carboxylic acids is 1. The molecule has 2 atom stereocenters. The maximum atomic E-state index is 12.7. The largest absolute Gasteiger partial charge is 0.508 e. The van der Waals surface area contributed by atoms with Crippen LogP contribution in [0, 0.1) is 0 Å². The molecule has 10 nitrogen and oxygen atoms in total. The van der Waals surface area contributed by atoms with Gasteiger partial charge in [0.1, 0.15) is 5.75 Å². The van der Waals surface area contributed by atoms with Crippen LogP contribution in [0.15, 0.2) is 42.5 Å². The van der Waals surface area contributed by atoms with Crippen molar-refractivity contribution in [2.75, 3.05) is 38.1 Å². The monoisotopic (exact) mass is 586 g/mol. The summed E-state index contributed by atoms with van der Waals surface area (Å²) in [6, 6.07) is 11.6. The highest BCUT2D eigenvalue weighted by molar-refractivity contribution is 6.30. The first-order valence-corrected chi connectivity index (χ1v) is 12.8. The standard InChI is InChI=1S/C24H29ClN4O4.C2HF3O2/c1-26-23(32)19-7-6-18(30)12-21(19)29-13-20(22(31)14-29)27-17-8-10-28(11-9-17)24(33)15-2-4-16(25)5-3-15;3-2(4,5)1(6)7/h2-7,12,17,20,22,27,30-31H,8-11,13-14H2,1H3,(H,26,32);(H,6,7)/t20-,22-;/m1./s1. The zero-order valence-corrected chi connectivity index (χ0v) is 22.2. The normalized spacial score (nSPS) is 19.6. The Balaban J connectivity index is 0.000000559. The van der Waals surface area contributed by atoms with Gasteiger partial charge >= 0.3 is 12.1 Å². The van der Waals surface area contributed by atoms with Gasteiger partial charge in [-0.25, -0.2) is 4.79 Å². The zero-order chi connectivity index (χ0) is 29.6. The molecule has 0 aliphatic carbocycles. The van der Waals surface area contributed by atoms with Crippen molar-refractivity contribution in [2.45, 2.75) is 37.2 Å². The van der Waals surface area contributed by atoms with Gasteiger partial charge in [-0.2, -0.15) is 13.2 Å². The highest BCUT2D eigenvalue weighted by atomic mass is 35.5. The van der Waals surface area contributed by atoms with Gasteiger partial charge in [0.25, 0.3) is 11.8 Å². The summed E-state index contributed by atoms with van der Waals surface area (Å²) in [6.45, 7) is 2.15. The molecule has 0 unspecified atom stereocenters. The van der Waals surface area contributed by atoms with E-state index in [9.17, 15) is 33.0 Å². The number of nitrogens with one attached hydrogen (secondary N) is 2. The van der Waals surface area contributed by atoms with Crippen LogP contribution in [0.5, 0.6) is 5.75 Å². The second-order valence-electron chi connectivity index (χ2n) is 9.40. The van der Waals surface area contributed by atoms with Crippen molar-refractivity contribution in [3.05, 3.63) is 58.6 Å².